The van der Waals surface area contributed by atoms with Crippen LogP contribution in [0.1, 0.15) is 23.7 Å². The zero-order valence-electron chi connectivity index (χ0n) is 13.2. The van der Waals surface area contributed by atoms with Crippen molar-refractivity contribution in [3.63, 3.8) is 0 Å². The van der Waals surface area contributed by atoms with Crippen molar-refractivity contribution in [3.05, 3.63) is 48.4 Å². The van der Waals surface area contributed by atoms with Crippen molar-refractivity contribution in [3.8, 4) is 11.6 Å². The van der Waals surface area contributed by atoms with E-state index in [4.69, 9.17) is 9.47 Å². The molecule has 7 nitrogen and oxygen atoms in total. The smallest absolute Gasteiger partial charge is 0.308 e. The number of nitrogens with zero attached hydrogens (tertiary/aromatic N) is 3. The fraction of sp³-hybridized carbons (Fsp3) is 0.294. The number of carbonyl (C=O) groups is 2. The van der Waals surface area contributed by atoms with Gasteiger partial charge in [-0.25, -0.2) is 4.98 Å². The molecule has 1 saturated heterocycles. The van der Waals surface area contributed by atoms with Crippen LogP contribution in [0.3, 0.4) is 0 Å². The summed E-state index contributed by atoms with van der Waals surface area (Å²) in [7, 11) is 0. The molecule has 2 aromatic rings. The number of rotatable bonds is 4. The Labute approximate surface area is 139 Å². The Kier molecular flexibility index (Phi) is 4.69. The maximum Gasteiger partial charge on any atom is 0.308 e. The topological polar surface area (TPSA) is 81.6 Å². The summed E-state index contributed by atoms with van der Waals surface area (Å²) in [5, 5.41) is 0. The lowest BCUT2D eigenvalue weighted by Gasteiger charge is -2.17. The van der Waals surface area contributed by atoms with Crippen molar-refractivity contribution in [1.29, 1.82) is 0 Å². The Bertz CT molecular complexity index is 718. The molecule has 0 bridgehead atoms. The van der Waals surface area contributed by atoms with Crippen molar-refractivity contribution < 1.29 is 19.1 Å². The second kappa shape index (κ2) is 7.08. The van der Waals surface area contributed by atoms with Crippen molar-refractivity contribution in [2.24, 2.45) is 0 Å². The number of likely N-dealkylation sites (tertiary alicyclic amines) is 1. The molecule has 2 heterocycles. The highest BCUT2D eigenvalue weighted by atomic mass is 16.5. The number of hydrogen-bond acceptors (Lipinski definition) is 6. The summed E-state index contributed by atoms with van der Waals surface area (Å²) in [5.41, 5.74) is 0.547. The first kappa shape index (κ1) is 15.9. The molecule has 0 saturated carbocycles. The highest BCUT2D eigenvalue weighted by Crippen LogP contribution is 2.19. The van der Waals surface area contributed by atoms with Crippen molar-refractivity contribution in [2.75, 3.05) is 13.1 Å². The van der Waals surface area contributed by atoms with Crippen LogP contribution in [0, 0.1) is 0 Å². The number of aromatic nitrogens is 2. The van der Waals surface area contributed by atoms with E-state index in [9.17, 15) is 9.59 Å². The summed E-state index contributed by atoms with van der Waals surface area (Å²) in [4.78, 5) is 33.2. The summed E-state index contributed by atoms with van der Waals surface area (Å²) in [6.45, 7) is 2.46. The van der Waals surface area contributed by atoms with Crippen molar-refractivity contribution in [2.45, 2.75) is 19.4 Å². The molecule has 1 aromatic carbocycles. The summed E-state index contributed by atoms with van der Waals surface area (Å²) in [6, 6.07) is 6.52. The van der Waals surface area contributed by atoms with E-state index in [1.807, 2.05) is 0 Å². The molecule has 1 atom stereocenters. The molecule has 0 aliphatic carbocycles. The zero-order valence-corrected chi connectivity index (χ0v) is 13.2. The molecule has 1 fully saturated rings. The molecule has 0 spiro atoms. The second-order valence-corrected chi connectivity index (χ2v) is 5.44. The van der Waals surface area contributed by atoms with Gasteiger partial charge in [0.1, 0.15) is 11.9 Å². The first-order chi connectivity index (χ1) is 11.6. The molecule has 3 rings (SSSR count). The second-order valence-electron chi connectivity index (χ2n) is 5.44. The van der Waals surface area contributed by atoms with Gasteiger partial charge in [0.2, 0.25) is 5.88 Å². The van der Waals surface area contributed by atoms with Gasteiger partial charge in [-0.15, -0.1) is 0 Å². The van der Waals surface area contributed by atoms with Crippen LogP contribution in [-0.4, -0.2) is 45.9 Å². The first-order valence-electron chi connectivity index (χ1n) is 7.62. The minimum absolute atomic E-state index is 0.0744. The normalized spacial score (nSPS) is 16.7. The van der Waals surface area contributed by atoms with Crippen LogP contribution in [0.25, 0.3) is 0 Å². The van der Waals surface area contributed by atoms with Gasteiger partial charge in [0.25, 0.3) is 5.91 Å². The molecular formula is C17H17N3O4. The van der Waals surface area contributed by atoms with Crippen LogP contribution >= 0.6 is 0 Å². The van der Waals surface area contributed by atoms with E-state index in [1.54, 1.807) is 47.8 Å². The minimum atomic E-state index is -0.391. The van der Waals surface area contributed by atoms with Crippen LogP contribution in [0.2, 0.25) is 0 Å². The van der Waals surface area contributed by atoms with Crippen LogP contribution in [0.4, 0.5) is 0 Å². The van der Waals surface area contributed by atoms with Crippen LogP contribution < -0.4 is 9.47 Å². The number of benzene rings is 1. The van der Waals surface area contributed by atoms with E-state index in [0.29, 0.717) is 30.3 Å². The third kappa shape index (κ3) is 3.87. The molecule has 1 amide bonds. The fourth-order valence-electron chi connectivity index (χ4n) is 2.54. The third-order valence-corrected chi connectivity index (χ3v) is 3.62. The molecule has 1 aromatic heterocycles. The van der Waals surface area contributed by atoms with Gasteiger partial charge in [-0.2, -0.15) is 0 Å². The van der Waals surface area contributed by atoms with Gasteiger partial charge in [-0.1, -0.05) is 0 Å². The van der Waals surface area contributed by atoms with Crippen LogP contribution in [0.15, 0.2) is 42.9 Å². The number of ether oxygens (including phenoxy) is 2. The van der Waals surface area contributed by atoms with E-state index in [1.165, 1.54) is 6.92 Å². The van der Waals surface area contributed by atoms with Gasteiger partial charge in [-0.3, -0.25) is 14.6 Å². The molecule has 1 aliphatic rings. The molecule has 1 unspecified atom stereocenters. The van der Waals surface area contributed by atoms with E-state index >= 15 is 0 Å². The lowest BCUT2D eigenvalue weighted by Crippen LogP contribution is -2.31. The van der Waals surface area contributed by atoms with Gasteiger partial charge in [0.15, 0.2) is 0 Å². The molecular weight excluding hydrogens is 310 g/mol. The Morgan fingerprint density at radius 1 is 1.21 bits per heavy atom. The number of hydrogen-bond donors (Lipinski definition) is 0. The lowest BCUT2D eigenvalue weighted by atomic mass is 10.2. The van der Waals surface area contributed by atoms with Gasteiger partial charge < -0.3 is 14.4 Å². The summed E-state index contributed by atoms with van der Waals surface area (Å²) >= 11 is 0. The molecule has 1 aliphatic heterocycles. The molecule has 24 heavy (non-hydrogen) atoms. The highest BCUT2D eigenvalue weighted by molar-refractivity contribution is 5.94. The quantitative estimate of drug-likeness (QED) is 0.628. The maximum atomic E-state index is 12.5. The predicted octanol–water partition coefficient (Wildman–Crippen LogP) is 1.70. The van der Waals surface area contributed by atoms with E-state index < -0.39 is 5.97 Å². The van der Waals surface area contributed by atoms with Gasteiger partial charge in [0.05, 0.1) is 12.7 Å². The third-order valence-electron chi connectivity index (χ3n) is 3.62. The Hall–Kier alpha value is -2.96. The van der Waals surface area contributed by atoms with Crippen molar-refractivity contribution >= 4 is 11.9 Å². The van der Waals surface area contributed by atoms with E-state index in [-0.39, 0.29) is 12.0 Å². The Morgan fingerprint density at radius 2 is 2.00 bits per heavy atom. The van der Waals surface area contributed by atoms with Crippen LogP contribution in [-0.2, 0) is 4.79 Å². The van der Waals surface area contributed by atoms with E-state index in [0.717, 1.165) is 6.42 Å². The van der Waals surface area contributed by atoms with E-state index in [2.05, 4.69) is 9.97 Å². The Balaban J connectivity index is 1.59. The summed E-state index contributed by atoms with van der Waals surface area (Å²) < 4.78 is 10.7. The maximum absolute atomic E-state index is 12.5. The standard InChI is InChI=1S/C17H17N3O4/c1-12(21)23-14-4-2-13(3-5-14)17(22)20-9-6-15(11-20)24-16-10-18-7-8-19-16/h2-5,7-8,10,15H,6,9,11H2,1H3. The fourth-order valence-corrected chi connectivity index (χ4v) is 2.54. The number of amides is 1. The molecule has 0 N–H and O–H groups in total. The Morgan fingerprint density at radius 3 is 2.67 bits per heavy atom. The largest absolute Gasteiger partial charge is 0.471 e. The zero-order chi connectivity index (χ0) is 16.9. The number of esters is 1. The number of carbonyl (C=O) groups excluding carboxylic acids is 2. The predicted molar refractivity (Wildman–Crippen MR) is 84.7 cm³/mol. The van der Waals surface area contributed by atoms with Crippen molar-refractivity contribution in [1.82, 2.24) is 14.9 Å². The first-order valence-corrected chi connectivity index (χ1v) is 7.62. The monoisotopic (exact) mass is 327 g/mol. The average Bonchev–Trinajstić information content (AvgIpc) is 3.04. The van der Waals surface area contributed by atoms with Gasteiger partial charge in [-0.05, 0) is 24.3 Å². The summed E-state index contributed by atoms with van der Waals surface area (Å²) in [5.74, 6) is 0.416. The summed E-state index contributed by atoms with van der Waals surface area (Å²) in [6.07, 6.45) is 5.35. The molecule has 7 heteroatoms. The average molecular weight is 327 g/mol. The SMILES string of the molecule is CC(=O)Oc1ccc(C(=O)N2CCC(Oc3cnccn3)C2)cc1. The molecule has 0 radical (unpaired) electrons. The highest BCUT2D eigenvalue weighted by Gasteiger charge is 2.28. The van der Waals surface area contributed by atoms with Gasteiger partial charge >= 0.3 is 5.97 Å². The van der Waals surface area contributed by atoms with Gasteiger partial charge in [0, 0.05) is 37.8 Å². The van der Waals surface area contributed by atoms with Crippen LogP contribution in [0.5, 0.6) is 11.6 Å². The minimum Gasteiger partial charge on any atom is -0.471 e. The molecule has 124 valence electrons. The lowest BCUT2D eigenvalue weighted by molar-refractivity contribution is -0.131.